The number of benzene rings is 1. The van der Waals surface area contributed by atoms with Gasteiger partial charge in [-0.05, 0) is 12.1 Å². The molecule has 1 aliphatic rings. The Labute approximate surface area is 129 Å². The van der Waals surface area contributed by atoms with Crippen LogP contribution in [-0.4, -0.2) is 62.1 Å². The molecule has 0 atom stereocenters. The van der Waals surface area contributed by atoms with Crippen molar-refractivity contribution in [2.45, 2.75) is 6.42 Å². The maximum absolute atomic E-state index is 11.7. The van der Waals surface area contributed by atoms with Crippen molar-refractivity contribution in [3.05, 3.63) is 23.8 Å². The van der Waals surface area contributed by atoms with E-state index in [2.05, 4.69) is 17.6 Å². The highest BCUT2D eigenvalue weighted by Crippen LogP contribution is 2.20. The van der Waals surface area contributed by atoms with Crippen LogP contribution in [0.1, 0.15) is 12.0 Å². The molecule has 1 aromatic carbocycles. The van der Waals surface area contributed by atoms with Gasteiger partial charge in [-0.25, -0.2) is 5.43 Å². The number of likely N-dealkylation sites (N-methyl/N-ethyl adjacent to an activating group) is 1. The number of aromatic hydroxyl groups is 2. The first kappa shape index (κ1) is 16.3. The second-order valence-electron chi connectivity index (χ2n) is 5.74. The number of phenols is 2. The monoisotopic (exact) mass is 308 g/mol. The fourth-order valence-electron chi connectivity index (χ4n) is 2.44. The molecule has 0 unspecified atom stereocenters. The summed E-state index contributed by atoms with van der Waals surface area (Å²) < 4.78 is 0. The third kappa shape index (κ3) is 5.01. The predicted molar refractivity (Wildman–Crippen MR) is 82.3 cm³/mol. The molecule has 0 bridgehead atoms. The minimum Gasteiger partial charge on any atom is -0.508 e. The smallest absolute Gasteiger partial charge is 0.245 e. The molecule has 1 aromatic rings. The molecule has 22 heavy (non-hydrogen) atoms. The van der Waals surface area contributed by atoms with Crippen LogP contribution < -0.4 is 15.2 Å². The van der Waals surface area contributed by atoms with Gasteiger partial charge in [0.25, 0.3) is 0 Å². The average molecular weight is 308 g/mol. The first-order valence-electron chi connectivity index (χ1n) is 7.53. The van der Waals surface area contributed by atoms with Crippen LogP contribution >= 0.6 is 0 Å². The molecule has 120 valence electrons. The Morgan fingerprint density at radius 1 is 1.32 bits per heavy atom. The van der Waals surface area contributed by atoms with Gasteiger partial charge >= 0.3 is 0 Å². The van der Waals surface area contributed by atoms with E-state index in [0.717, 1.165) is 32.7 Å². The number of amides is 1. The third-order valence-corrected chi connectivity index (χ3v) is 3.92. The van der Waals surface area contributed by atoms with Crippen molar-refractivity contribution >= 4 is 12.1 Å². The van der Waals surface area contributed by atoms with Gasteiger partial charge in [-0.2, -0.15) is 5.10 Å². The Bertz CT molecular complexity index is 540. The summed E-state index contributed by atoms with van der Waals surface area (Å²) in [5, 5.41) is 22.6. The Morgan fingerprint density at radius 2 is 2.05 bits per heavy atom. The molecule has 2 rings (SSSR count). The first-order chi connectivity index (χ1) is 10.5. The van der Waals surface area contributed by atoms with Gasteiger partial charge in [0.05, 0.1) is 26.2 Å². The van der Waals surface area contributed by atoms with E-state index in [1.807, 2.05) is 0 Å². The highest BCUT2D eigenvalue weighted by Gasteiger charge is 2.20. The minimum atomic E-state index is -0.131. The van der Waals surface area contributed by atoms with Gasteiger partial charge in [-0.3, -0.25) is 4.79 Å². The molecule has 1 saturated heterocycles. The molecule has 1 amide bonds. The van der Waals surface area contributed by atoms with Crippen molar-refractivity contribution in [2.24, 2.45) is 5.10 Å². The number of nitrogens with one attached hydrogen (secondary N) is 3. The SMILES string of the molecule is C[NH+]1CC[NH+](CCC(=O)NN=Cc2ccc(O)cc2O)CC1. The van der Waals surface area contributed by atoms with Crippen molar-refractivity contribution in [1.29, 1.82) is 0 Å². The Kier molecular flexibility index (Phi) is 5.74. The zero-order chi connectivity index (χ0) is 15.9. The summed E-state index contributed by atoms with van der Waals surface area (Å²) >= 11 is 0. The van der Waals surface area contributed by atoms with E-state index < -0.39 is 0 Å². The minimum absolute atomic E-state index is 0.0179. The Morgan fingerprint density at radius 3 is 2.73 bits per heavy atom. The number of quaternary nitrogens is 2. The second-order valence-corrected chi connectivity index (χ2v) is 5.74. The molecular formula is C15H24N4O3+2. The summed E-state index contributed by atoms with van der Waals surface area (Å²) in [6, 6.07) is 4.19. The van der Waals surface area contributed by atoms with Gasteiger partial charge in [0.2, 0.25) is 5.91 Å². The molecule has 1 heterocycles. The third-order valence-electron chi connectivity index (χ3n) is 3.92. The Balaban J connectivity index is 1.72. The molecule has 1 aliphatic heterocycles. The maximum Gasteiger partial charge on any atom is 0.245 e. The molecule has 0 saturated carbocycles. The second kappa shape index (κ2) is 7.77. The molecule has 1 fully saturated rings. The van der Waals surface area contributed by atoms with Gasteiger partial charge < -0.3 is 20.0 Å². The number of hydrazone groups is 1. The van der Waals surface area contributed by atoms with Gasteiger partial charge in [0, 0.05) is 11.6 Å². The lowest BCUT2D eigenvalue weighted by molar-refractivity contribution is -1.00. The highest BCUT2D eigenvalue weighted by molar-refractivity contribution is 5.85. The molecule has 0 aromatic heterocycles. The summed E-state index contributed by atoms with van der Waals surface area (Å²) in [6.45, 7) is 5.32. The van der Waals surface area contributed by atoms with E-state index in [1.54, 1.807) is 4.90 Å². The summed E-state index contributed by atoms with van der Waals surface area (Å²) in [5.74, 6) is -0.230. The van der Waals surface area contributed by atoms with E-state index in [-0.39, 0.29) is 17.4 Å². The number of hydrogen-bond donors (Lipinski definition) is 5. The molecule has 7 nitrogen and oxygen atoms in total. The van der Waals surface area contributed by atoms with Crippen LogP contribution in [0.5, 0.6) is 11.5 Å². The quantitative estimate of drug-likeness (QED) is 0.304. The van der Waals surface area contributed by atoms with Crippen molar-refractivity contribution in [3.8, 4) is 11.5 Å². The summed E-state index contributed by atoms with van der Waals surface area (Å²) in [6.07, 6.45) is 1.80. The molecule has 5 N–H and O–H groups in total. The maximum atomic E-state index is 11.7. The van der Waals surface area contributed by atoms with Crippen molar-refractivity contribution in [2.75, 3.05) is 39.8 Å². The molecular weight excluding hydrogens is 284 g/mol. The van der Waals surface area contributed by atoms with Crippen LogP contribution in [0.4, 0.5) is 0 Å². The van der Waals surface area contributed by atoms with Crippen molar-refractivity contribution in [1.82, 2.24) is 5.43 Å². The largest absolute Gasteiger partial charge is 0.508 e. The summed E-state index contributed by atoms with van der Waals surface area (Å²) in [5.41, 5.74) is 2.90. The molecule has 0 spiro atoms. The van der Waals surface area contributed by atoms with Gasteiger partial charge in [-0.15, -0.1) is 0 Å². The average Bonchev–Trinajstić information content (AvgIpc) is 2.49. The lowest BCUT2D eigenvalue weighted by Gasteiger charge is -2.26. The summed E-state index contributed by atoms with van der Waals surface area (Å²) in [4.78, 5) is 14.7. The Hall–Kier alpha value is -2.12. The highest BCUT2D eigenvalue weighted by atomic mass is 16.3. The number of rotatable bonds is 5. The van der Waals surface area contributed by atoms with E-state index in [9.17, 15) is 15.0 Å². The number of carbonyl (C=O) groups excluding carboxylic acids is 1. The standard InChI is InChI=1S/C15H22N4O3/c1-18-6-8-19(9-7-18)5-4-15(22)17-16-11-12-2-3-13(20)10-14(12)21/h2-3,10-11,20-21H,4-9H2,1H3,(H,17,22)/p+2. The van der Waals surface area contributed by atoms with E-state index in [4.69, 9.17) is 0 Å². The van der Waals surface area contributed by atoms with E-state index in [0.29, 0.717) is 12.0 Å². The van der Waals surface area contributed by atoms with Gasteiger partial charge in [0.1, 0.15) is 37.7 Å². The van der Waals surface area contributed by atoms with Crippen LogP contribution in [0.3, 0.4) is 0 Å². The number of hydrogen-bond acceptors (Lipinski definition) is 4. The van der Waals surface area contributed by atoms with Gasteiger partial charge in [0.15, 0.2) is 0 Å². The van der Waals surface area contributed by atoms with Crippen LogP contribution in [-0.2, 0) is 4.79 Å². The van der Waals surface area contributed by atoms with Crippen LogP contribution in [0.15, 0.2) is 23.3 Å². The lowest BCUT2D eigenvalue weighted by Crippen LogP contribution is -3.27. The fraction of sp³-hybridized carbons (Fsp3) is 0.467. The number of piperazine rings is 1. The number of carbonyl (C=O) groups is 1. The van der Waals surface area contributed by atoms with E-state index in [1.165, 1.54) is 29.3 Å². The molecule has 7 heteroatoms. The van der Waals surface area contributed by atoms with Crippen LogP contribution in [0.2, 0.25) is 0 Å². The number of phenolic OH excluding ortho intramolecular Hbond substituents is 2. The van der Waals surface area contributed by atoms with Crippen molar-refractivity contribution < 1.29 is 24.8 Å². The zero-order valence-corrected chi connectivity index (χ0v) is 12.8. The summed E-state index contributed by atoms with van der Waals surface area (Å²) in [7, 11) is 2.19. The normalized spacial score (nSPS) is 21.9. The topological polar surface area (TPSA) is 90.8 Å². The van der Waals surface area contributed by atoms with E-state index >= 15 is 0 Å². The lowest BCUT2D eigenvalue weighted by atomic mass is 10.2. The van der Waals surface area contributed by atoms with Crippen molar-refractivity contribution in [3.63, 3.8) is 0 Å². The first-order valence-corrected chi connectivity index (χ1v) is 7.53. The number of nitrogens with zero attached hydrogens (tertiary/aromatic N) is 1. The zero-order valence-electron chi connectivity index (χ0n) is 12.8. The van der Waals surface area contributed by atoms with Gasteiger partial charge in [-0.1, -0.05) is 0 Å². The predicted octanol–water partition coefficient (Wildman–Crippen LogP) is -2.65. The van der Waals surface area contributed by atoms with Crippen LogP contribution in [0, 0.1) is 0 Å². The molecule has 0 radical (unpaired) electrons. The van der Waals surface area contributed by atoms with Crippen LogP contribution in [0.25, 0.3) is 0 Å². The molecule has 0 aliphatic carbocycles. The fourth-order valence-corrected chi connectivity index (χ4v) is 2.44.